The summed E-state index contributed by atoms with van der Waals surface area (Å²) in [5.41, 5.74) is 3.41. The van der Waals surface area contributed by atoms with Crippen molar-refractivity contribution >= 4 is 56.5 Å². The molecule has 158 valence electrons. The summed E-state index contributed by atoms with van der Waals surface area (Å²) in [6, 6.07) is 18.0. The minimum absolute atomic E-state index is 0.407. The Kier molecular flexibility index (Phi) is 6.70. The SMILES string of the molecule is Cc1ccc(Cn2cc(Br)c(NC(=S)Nc3ccn(Cc4ccccc4Cl)n3)n2)cc1. The first kappa shape index (κ1) is 21.5. The van der Waals surface area contributed by atoms with E-state index in [-0.39, 0.29) is 0 Å². The summed E-state index contributed by atoms with van der Waals surface area (Å²) >= 11 is 15.2. The van der Waals surface area contributed by atoms with Gasteiger partial charge in [-0.3, -0.25) is 9.36 Å². The maximum atomic E-state index is 6.23. The van der Waals surface area contributed by atoms with E-state index in [4.69, 9.17) is 23.8 Å². The van der Waals surface area contributed by atoms with Crippen molar-refractivity contribution in [2.45, 2.75) is 20.0 Å². The second kappa shape index (κ2) is 9.64. The molecule has 0 radical (unpaired) electrons. The fourth-order valence-corrected chi connectivity index (χ4v) is 3.83. The van der Waals surface area contributed by atoms with Gasteiger partial charge in [-0.2, -0.15) is 10.2 Å². The summed E-state index contributed by atoms with van der Waals surface area (Å²) in [6.07, 6.45) is 3.80. The first-order valence-electron chi connectivity index (χ1n) is 9.59. The number of nitrogens with zero attached hydrogens (tertiary/aromatic N) is 4. The second-order valence-electron chi connectivity index (χ2n) is 7.08. The monoisotopic (exact) mass is 514 g/mol. The van der Waals surface area contributed by atoms with Crippen LogP contribution in [0.5, 0.6) is 0 Å². The van der Waals surface area contributed by atoms with Crippen molar-refractivity contribution in [3.05, 3.63) is 93.2 Å². The molecule has 0 spiro atoms. The molecule has 4 rings (SSSR count). The Labute approximate surface area is 199 Å². The predicted octanol–water partition coefficient (Wildman–Crippen LogP) is 5.71. The van der Waals surface area contributed by atoms with Crippen LogP contribution in [0.1, 0.15) is 16.7 Å². The summed E-state index contributed by atoms with van der Waals surface area (Å²) in [4.78, 5) is 0. The zero-order valence-electron chi connectivity index (χ0n) is 16.7. The molecule has 2 aromatic heterocycles. The van der Waals surface area contributed by atoms with Crippen molar-refractivity contribution in [1.29, 1.82) is 0 Å². The van der Waals surface area contributed by atoms with Crippen molar-refractivity contribution in [1.82, 2.24) is 19.6 Å². The van der Waals surface area contributed by atoms with Gasteiger partial charge in [0.05, 0.1) is 17.6 Å². The van der Waals surface area contributed by atoms with E-state index in [1.807, 2.05) is 47.4 Å². The standard InChI is InChI=1S/C22H20BrClN6S/c1-15-6-8-16(9-7-15)12-30-14-18(23)21(28-30)26-22(31)25-20-10-11-29(27-20)13-17-4-2-3-5-19(17)24/h2-11,14H,12-13H2,1H3,(H2,25,26,27,28,31). The van der Waals surface area contributed by atoms with Crippen molar-refractivity contribution in [3.63, 3.8) is 0 Å². The highest BCUT2D eigenvalue weighted by Crippen LogP contribution is 2.21. The van der Waals surface area contributed by atoms with Gasteiger partial charge in [-0.25, -0.2) is 0 Å². The van der Waals surface area contributed by atoms with E-state index >= 15 is 0 Å². The number of benzene rings is 2. The molecule has 9 heteroatoms. The molecular weight excluding hydrogens is 496 g/mol. The van der Waals surface area contributed by atoms with Gasteiger partial charge in [-0.1, -0.05) is 59.6 Å². The fourth-order valence-electron chi connectivity index (χ4n) is 3.02. The first-order valence-corrected chi connectivity index (χ1v) is 11.2. The summed E-state index contributed by atoms with van der Waals surface area (Å²) in [5.74, 6) is 1.28. The molecule has 0 atom stereocenters. The van der Waals surface area contributed by atoms with Crippen molar-refractivity contribution in [2.75, 3.05) is 10.6 Å². The van der Waals surface area contributed by atoms with Gasteiger partial charge >= 0.3 is 0 Å². The number of rotatable bonds is 6. The third kappa shape index (κ3) is 5.72. The lowest BCUT2D eigenvalue weighted by molar-refractivity contribution is 0.689. The van der Waals surface area contributed by atoms with E-state index in [1.54, 1.807) is 4.68 Å². The number of nitrogens with one attached hydrogen (secondary N) is 2. The van der Waals surface area contributed by atoms with Crippen molar-refractivity contribution < 1.29 is 0 Å². The van der Waals surface area contributed by atoms with Crippen LogP contribution in [0, 0.1) is 6.92 Å². The molecule has 0 aliphatic carbocycles. The lowest BCUT2D eigenvalue weighted by Crippen LogP contribution is -2.20. The van der Waals surface area contributed by atoms with Gasteiger partial charge in [-0.15, -0.1) is 0 Å². The molecule has 0 saturated carbocycles. The Morgan fingerprint density at radius 1 is 1.00 bits per heavy atom. The molecule has 0 aliphatic heterocycles. The highest BCUT2D eigenvalue weighted by molar-refractivity contribution is 9.10. The molecule has 2 heterocycles. The second-order valence-corrected chi connectivity index (χ2v) is 8.75. The summed E-state index contributed by atoms with van der Waals surface area (Å²) < 4.78 is 4.49. The van der Waals surface area contributed by atoms with Gasteiger partial charge in [0.1, 0.15) is 0 Å². The lowest BCUT2D eigenvalue weighted by atomic mass is 10.1. The van der Waals surface area contributed by atoms with Gasteiger partial charge in [0, 0.05) is 23.5 Å². The van der Waals surface area contributed by atoms with Gasteiger partial charge < -0.3 is 10.6 Å². The van der Waals surface area contributed by atoms with Gasteiger partial charge in [0.2, 0.25) is 0 Å². The Bertz CT molecular complexity index is 1200. The minimum atomic E-state index is 0.407. The van der Waals surface area contributed by atoms with Crippen LogP contribution in [0.25, 0.3) is 0 Å². The van der Waals surface area contributed by atoms with E-state index < -0.39 is 0 Å². The Hall–Kier alpha value is -2.68. The maximum Gasteiger partial charge on any atom is 0.177 e. The molecule has 0 unspecified atom stereocenters. The van der Waals surface area contributed by atoms with Gasteiger partial charge in [-0.05, 0) is 52.3 Å². The molecule has 0 saturated heterocycles. The van der Waals surface area contributed by atoms with E-state index in [2.05, 4.69) is 68.0 Å². The van der Waals surface area contributed by atoms with E-state index in [0.717, 1.165) is 15.1 Å². The number of halogens is 2. The highest BCUT2D eigenvalue weighted by atomic mass is 79.9. The van der Waals surface area contributed by atoms with Crippen LogP contribution >= 0.6 is 39.7 Å². The third-order valence-electron chi connectivity index (χ3n) is 4.59. The van der Waals surface area contributed by atoms with E-state index in [9.17, 15) is 0 Å². The zero-order valence-corrected chi connectivity index (χ0v) is 19.9. The van der Waals surface area contributed by atoms with Crippen LogP contribution < -0.4 is 10.6 Å². The number of hydrogen-bond acceptors (Lipinski definition) is 3. The summed E-state index contributed by atoms with van der Waals surface area (Å²) in [6.45, 7) is 3.33. The van der Waals surface area contributed by atoms with Crippen LogP contribution in [-0.4, -0.2) is 24.7 Å². The molecule has 0 fully saturated rings. The first-order chi connectivity index (χ1) is 15.0. The predicted molar refractivity (Wildman–Crippen MR) is 133 cm³/mol. The Morgan fingerprint density at radius 2 is 1.77 bits per heavy atom. The van der Waals surface area contributed by atoms with Gasteiger partial charge in [0.25, 0.3) is 0 Å². The number of hydrogen-bond donors (Lipinski definition) is 2. The molecular formula is C22H20BrClN6S. The fraction of sp³-hybridized carbons (Fsp3) is 0.136. The molecule has 2 N–H and O–H groups in total. The number of anilines is 2. The molecule has 4 aromatic rings. The minimum Gasteiger partial charge on any atom is -0.316 e. The molecule has 31 heavy (non-hydrogen) atoms. The normalized spacial score (nSPS) is 10.8. The van der Waals surface area contributed by atoms with Crippen LogP contribution in [-0.2, 0) is 13.1 Å². The molecule has 0 amide bonds. The smallest absolute Gasteiger partial charge is 0.177 e. The quantitative estimate of drug-likeness (QED) is 0.322. The summed E-state index contributed by atoms with van der Waals surface area (Å²) in [5, 5.41) is 16.4. The zero-order chi connectivity index (χ0) is 21.8. The largest absolute Gasteiger partial charge is 0.316 e. The van der Waals surface area contributed by atoms with Crippen LogP contribution in [0.15, 0.2) is 71.5 Å². The van der Waals surface area contributed by atoms with E-state index in [0.29, 0.717) is 29.8 Å². The molecule has 0 aliphatic rings. The average Bonchev–Trinajstić information content (AvgIpc) is 3.31. The van der Waals surface area contributed by atoms with E-state index in [1.165, 1.54) is 11.1 Å². The van der Waals surface area contributed by atoms with Crippen LogP contribution in [0.3, 0.4) is 0 Å². The van der Waals surface area contributed by atoms with Crippen molar-refractivity contribution in [2.24, 2.45) is 0 Å². The average molecular weight is 516 g/mol. The van der Waals surface area contributed by atoms with Crippen molar-refractivity contribution in [3.8, 4) is 0 Å². The molecule has 6 nitrogen and oxygen atoms in total. The Balaban J connectivity index is 1.36. The number of thiocarbonyl (C=S) groups is 1. The van der Waals surface area contributed by atoms with Crippen LogP contribution in [0.4, 0.5) is 11.6 Å². The lowest BCUT2D eigenvalue weighted by Gasteiger charge is -2.07. The van der Waals surface area contributed by atoms with Gasteiger partial charge in [0.15, 0.2) is 16.7 Å². The summed E-state index contributed by atoms with van der Waals surface area (Å²) in [7, 11) is 0. The molecule has 2 aromatic carbocycles. The van der Waals surface area contributed by atoms with Crippen LogP contribution in [0.2, 0.25) is 5.02 Å². The third-order valence-corrected chi connectivity index (χ3v) is 5.74. The highest BCUT2D eigenvalue weighted by Gasteiger charge is 2.10. The number of aromatic nitrogens is 4. The topological polar surface area (TPSA) is 59.7 Å². The Morgan fingerprint density at radius 3 is 2.55 bits per heavy atom. The molecule has 0 bridgehead atoms. The number of aryl methyl sites for hydroxylation is 1. The maximum absolute atomic E-state index is 6.23.